The summed E-state index contributed by atoms with van der Waals surface area (Å²) in [6.45, 7) is 7.15. The second-order valence-corrected chi connectivity index (χ2v) is 5.89. The normalized spacial score (nSPS) is 26.3. The topological polar surface area (TPSA) is 30.5 Å². The fourth-order valence-corrected chi connectivity index (χ4v) is 3.46. The first-order chi connectivity index (χ1) is 9.81. The van der Waals surface area contributed by atoms with Crippen LogP contribution < -0.4 is 10.1 Å². The van der Waals surface area contributed by atoms with E-state index in [0.29, 0.717) is 18.1 Å². The van der Waals surface area contributed by atoms with Gasteiger partial charge in [-0.1, -0.05) is 25.1 Å². The number of nitrogens with one attached hydrogen (secondary N) is 1. The Bertz CT molecular complexity index is 460. The van der Waals surface area contributed by atoms with Crippen molar-refractivity contribution in [2.24, 2.45) is 5.92 Å². The zero-order valence-corrected chi connectivity index (χ0v) is 12.5. The minimum absolute atomic E-state index is 0.321. The summed E-state index contributed by atoms with van der Waals surface area (Å²) in [5.74, 6) is 1.66. The Kier molecular flexibility index (Phi) is 4.27. The van der Waals surface area contributed by atoms with Crippen molar-refractivity contribution >= 4 is 0 Å². The van der Waals surface area contributed by atoms with Crippen LogP contribution in [0.25, 0.3) is 0 Å². The van der Waals surface area contributed by atoms with Gasteiger partial charge >= 0.3 is 0 Å². The first kappa shape index (κ1) is 13.9. The van der Waals surface area contributed by atoms with Crippen molar-refractivity contribution in [3.63, 3.8) is 0 Å². The van der Waals surface area contributed by atoms with Crippen LogP contribution in [0.15, 0.2) is 18.2 Å². The minimum atomic E-state index is 0.321. The van der Waals surface area contributed by atoms with Gasteiger partial charge in [-0.05, 0) is 31.9 Å². The summed E-state index contributed by atoms with van der Waals surface area (Å²) in [7, 11) is 0. The SMILES string of the molecule is CCCNC(c1cccc2c1OCC2)C1CCOC1C. The monoisotopic (exact) mass is 275 g/mol. The predicted octanol–water partition coefficient (Wildman–Crippen LogP) is 3.09. The van der Waals surface area contributed by atoms with Gasteiger partial charge in [-0.2, -0.15) is 0 Å². The summed E-state index contributed by atoms with van der Waals surface area (Å²) in [5.41, 5.74) is 2.69. The highest BCUT2D eigenvalue weighted by Gasteiger charge is 2.35. The van der Waals surface area contributed by atoms with E-state index in [1.807, 2.05) is 0 Å². The van der Waals surface area contributed by atoms with Gasteiger partial charge in [0, 0.05) is 30.6 Å². The number of rotatable bonds is 5. The van der Waals surface area contributed by atoms with Crippen molar-refractivity contribution in [3.05, 3.63) is 29.3 Å². The molecule has 110 valence electrons. The molecular weight excluding hydrogens is 250 g/mol. The second-order valence-electron chi connectivity index (χ2n) is 5.89. The van der Waals surface area contributed by atoms with E-state index in [9.17, 15) is 0 Å². The van der Waals surface area contributed by atoms with Gasteiger partial charge in [-0.3, -0.25) is 0 Å². The Morgan fingerprint density at radius 3 is 3.00 bits per heavy atom. The van der Waals surface area contributed by atoms with E-state index >= 15 is 0 Å². The molecular formula is C17H25NO2. The summed E-state index contributed by atoms with van der Waals surface area (Å²) < 4.78 is 11.7. The molecule has 0 bridgehead atoms. The van der Waals surface area contributed by atoms with Gasteiger partial charge in [0.2, 0.25) is 0 Å². The van der Waals surface area contributed by atoms with Gasteiger partial charge in [-0.25, -0.2) is 0 Å². The molecule has 2 heterocycles. The number of hydrogen-bond donors (Lipinski definition) is 1. The highest BCUT2D eigenvalue weighted by Crippen LogP contribution is 2.40. The largest absolute Gasteiger partial charge is 0.493 e. The lowest BCUT2D eigenvalue weighted by Gasteiger charge is -2.28. The zero-order valence-electron chi connectivity index (χ0n) is 12.5. The average Bonchev–Trinajstić information content (AvgIpc) is 3.09. The van der Waals surface area contributed by atoms with Gasteiger partial charge in [0.25, 0.3) is 0 Å². The maximum atomic E-state index is 5.90. The summed E-state index contributed by atoms with van der Waals surface area (Å²) in [4.78, 5) is 0. The Labute approximate surface area is 121 Å². The molecule has 1 saturated heterocycles. The summed E-state index contributed by atoms with van der Waals surface area (Å²) >= 11 is 0. The van der Waals surface area contributed by atoms with Gasteiger partial charge in [0.05, 0.1) is 12.7 Å². The van der Waals surface area contributed by atoms with Crippen LogP contribution in [0.2, 0.25) is 0 Å². The molecule has 0 amide bonds. The Balaban J connectivity index is 1.90. The first-order valence-electron chi connectivity index (χ1n) is 7.91. The van der Waals surface area contributed by atoms with Crippen molar-refractivity contribution in [1.29, 1.82) is 0 Å². The van der Waals surface area contributed by atoms with Crippen LogP contribution in [0.4, 0.5) is 0 Å². The smallest absolute Gasteiger partial charge is 0.127 e. The van der Waals surface area contributed by atoms with E-state index < -0.39 is 0 Å². The van der Waals surface area contributed by atoms with Crippen LogP contribution in [0.5, 0.6) is 5.75 Å². The lowest BCUT2D eigenvalue weighted by Crippen LogP contribution is -2.32. The maximum Gasteiger partial charge on any atom is 0.127 e. The Morgan fingerprint density at radius 2 is 2.25 bits per heavy atom. The fraction of sp³-hybridized carbons (Fsp3) is 0.647. The molecule has 3 nitrogen and oxygen atoms in total. The number of benzene rings is 1. The quantitative estimate of drug-likeness (QED) is 0.895. The molecule has 0 spiro atoms. The van der Waals surface area contributed by atoms with Crippen molar-refractivity contribution in [2.45, 2.75) is 45.3 Å². The maximum absolute atomic E-state index is 5.90. The standard InChI is InChI=1S/C17H25NO2/c1-3-9-18-16(14-8-11-19-12(14)2)15-6-4-5-13-7-10-20-17(13)15/h4-6,12,14,16,18H,3,7-11H2,1-2H3. The lowest BCUT2D eigenvalue weighted by molar-refractivity contribution is 0.0950. The molecule has 0 aromatic heterocycles. The summed E-state index contributed by atoms with van der Waals surface area (Å²) in [6, 6.07) is 6.93. The predicted molar refractivity (Wildman–Crippen MR) is 80.2 cm³/mol. The van der Waals surface area contributed by atoms with Crippen molar-refractivity contribution in [3.8, 4) is 5.75 Å². The van der Waals surface area contributed by atoms with E-state index in [-0.39, 0.29) is 0 Å². The summed E-state index contributed by atoms with van der Waals surface area (Å²) in [5, 5.41) is 3.73. The Hall–Kier alpha value is -1.06. The third-order valence-electron chi connectivity index (χ3n) is 4.56. The van der Waals surface area contributed by atoms with Crippen molar-refractivity contribution in [1.82, 2.24) is 5.32 Å². The van der Waals surface area contributed by atoms with E-state index in [4.69, 9.17) is 9.47 Å². The third-order valence-corrected chi connectivity index (χ3v) is 4.56. The zero-order chi connectivity index (χ0) is 13.9. The average molecular weight is 275 g/mol. The number of para-hydroxylation sites is 1. The molecule has 1 aromatic rings. The molecule has 20 heavy (non-hydrogen) atoms. The number of ether oxygens (including phenoxy) is 2. The molecule has 2 aliphatic rings. The summed E-state index contributed by atoms with van der Waals surface area (Å²) in [6.07, 6.45) is 3.64. The molecule has 1 N–H and O–H groups in total. The molecule has 3 atom stereocenters. The van der Waals surface area contributed by atoms with E-state index in [1.54, 1.807) is 0 Å². The van der Waals surface area contributed by atoms with E-state index in [2.05, 4.69) is 37.4 Å². The number of fused-ring (bicyclic) bond motifs is 1. The molecule has 0 aliphatic carbocycles. The van der Waals surface area contributed by atoms with E-state index in [0.717, 1.165) is 44.8 Å². The molecule has 0 saturated carbocycles. The highest BCUT2D eigenvalue weighted by atomic mass is 16.5. The lowest BCUT2D eigenvalue weighted by atomic mass is 9.87. The second kappa shape index (κ2) is 6.15. The fourth-order valence-electron chi connectivity index (χ4n) is 3.46. The Morgan fingerprint density at radius 1 is 1.35 bits per heavy atom. The van der Waals surface area contributed by atoms with Crippen LogP contribution in [0.1, 0.15) is 43.9 Å². The molecule has 1 aromatic carbocycles. The van der Waals surface area contributed by atoms with Crippen LogP contribution in [0, 0.1) is 5.92 Å². The third kappa shape index (κ3) is 2.57. The van der Waals surface area contributed by atoms with Gasteiger partial charge in [0.15, 0.2) is 0 Å². The minimum Gasteiger partial charge on any atom is -0.493 e. The van der Waals surface area contributed by atoms with Gasteiger partial charge in [-0.15, -0.1) is 0 Å². The number of hydrogen-bond acceptors (Lipinski definition) is 3. The van der Waals surface area contributed by atoms with Gasteiger partial charge < -0.3 is 14.8 Å². The van der Waals surface area contributed by atoms with E-state index in [1.165, 1.54) is 11.1 Å². The first-order valence-corrected chi connectivity index (χ1v) is 7.91. The molecule has 3 rings (SSSR count). The van der Waals surface area contributed by atoms with Crippen LogP contribution >= 0.6 is 0 Å². The van der Waals surface area contributed by atoms with Crippen LogP contribution in [0.3, 0.4) is 0 Å². The molecule has 1 fully saturated rings. The van der Waals surface area contributed by atoms with Crippen molar-refractivity contribution < 1.29 is 9.47 Å². The molecule has 3 unspecified atom stereocenters. The molecule has 3 heteroatoms. The molecule has 0 radical (unpaired) electrons. The van der Waals surface area contributed by atoms with Gasteiger partial charge in [0.1, 0.15) is 5.75 Å². The van der Waals surface area contributed by atoms with Crippen LogP contribution in [-0.2, 0) is 11.2 Å². The molecule has 2 aliphatic heterocycles. The van der Waals surface area contributed by atoms with Crippen LogP contribution in [-0.4, -0.2) is 25.9 Å². The highest BCUT2D eigenvalue weighted by molar-refractivity contribution is 5.46. The van der Waals surface area contributed by atoms with Crippen molar-refractivity contribution in [2.75, 3.05) is 19.8 Å².